The van der Waals surface area contributed by atoms with Gasteiger partial charge in [0.2, 0.25) is 5.91 Å². The van der Waals surface area contributed by atoms with Crippen molar-refractivity contribution in [1.82, 2.24) is 9.03 Å². The molecule has 162 valence electrons. The second kappa shape index (κ2) is 8.68. The van der Waals surface area contributed by atoms with E-state index >= 15 is 0 Å². The molecule has 1 aromatic heterocycles. The number of amides is 1. The molecule has 6 nitrogen and oxygen atoms in total. The van der Waals surface area contributed by atoms with E-state index in [1.807, 2.05) is 42.5 Å². The van der Waals surface area contributed by atoms with Gasteiger partial charge in [-0.2, -0.15) is 17.4 Å². The highest BCUT2D eigenvalue weighted by atomic mass is 35.5. The molecule has 31 heavy (non-hydrogen) atoms. The standard InChI is InChI=1S/C21H19ClFN3O3S2/c1-26-18(21(27)24-14-7-8-16(23)15(22)11-14)12-17(25-31(26,28)29)20-10-9-19(30-20)13-5-3-2-4-6-13/h2-11,17-18,25H,12H2,1H3,(H,24,27)/t17-,18+/m1/s1. The molecule has 1 aliphatic heterocycles. The Labute approximate surface area is 188 Å². The number of carbonyl (C=O) groups is 1. The Morgan fingerprint density at radius 3 is 2.65 bits per heavy atom. The van der Waals surface area contributed by atoms with Crippen molar-refractivity contribution in [3.05, 3.63) is 76.4 Å². The second-order valence-corrected chi connectivity index (χ2v) is 10.4. The van der Waals surface area contributed by atoms with Gasteiger partial charge in [0.05, 0.1) is 11.1 Å². The van der Waals surface area contributed by atoms with Crippen LogP contribution >= 0.6 is 22.9 Å². The minimum absolute atomic E-state index is 0.131. The summed E-state index contributed by atoms with van der Waals surface area (Å²) in [5.74, 6) is -1.12. The number of rotatable bonds is 4. The van der Waals surface area contributed by atoms with E-state index in [4.69, 9.17) is 11.6 Å². The van der Waals surface area contributed by atoms with Crippen molar-refractivity contribution in [2.75, 3.05) is 12.4 Å². The number of likely N-dealkylation sites (N-methyl/N-ethyl adjacent to an activating group) is 1. The van der Waals surface area contributed by atoms with Crippen molar-refractivity contribution in [2.45, 2.75) is 18.5 Å². The number of hydrogen-bond acceptors (Lipinski definition) is 4. The van der Waals surface area contributed by atoms with E-state index in [2.05, 4.69) is 10.0 Å². The summed E-state index contributed by atoms with van der Waals surface area (Å²) in [4.78, 5) is 14.7. The van der Waals surface area contributed by atoms with Gasteiger partial charge in [-0.15, -0.1) is 11.3 Å². The van der Waals surface area contributed by atoms with E-state index in [-0.39, 0.29) is 11.4 Å². The lowest BCUT2D eigenvalue weighted by Crippen LogP contribution is -2.55. The molecule has 2 atom stereocenters. The Balaban J connectivity index is 1.57. The fourth-order valence-corrected chi connectivity index (χ4v) is 5.99. The molecule has 3 aromatic rings. The van der Waals surface area contributed by atoms with Crippen LogP contribution in [-0.2, 0) is 15.0 Å². The normalized spacial score (nSPS) is 21.0. The van der Waals surface area contributed by atoms with Crippen molar-refractivity contribution < 1.29 is 17.6 Å². The van der Waals surface area contributed by atoms with Crippen LogP contribution in [0.4, 0.5) is 10.1 Å². The minimum Gasteiger partial charge on any atom is -0.325 e. The molecule has 10 heteroatoms. The van der Waals surface area contributed by atoms with Gasteiger partial charge in [-0.05, 0) is 42.3 Å². The average molecular weight is 480 g/mol. The molecule has 0 bridgehead atoms. The fraction of sp³-hybridized carbons (Fsp3) is 0.190. The van der Waals surface area contributed by atoms with Crippen LogP contribution in [0.25, 0.3) is 10.4 Å². The van der Waals surface area contributed by atoms with E-state index in [0.29, 0.717) is 5.69 Å². The highest BCUT2D eigenvalue weighted by molar-refractivity contribution is 7.87. The highest BCUT2D eigenvalue weighted by Gasteiger charge is 2.41. The third kappa shape index (κ3) is 4.65. The Kier molecular flexibility index (Phi) is 6.14. The van der Waals surface area contributed by atoms with E-state index in [1.54, 1.807) is 0 Å². The number of nitrogens with zero attached hydrogens (tertiary/aromatic N) is 1. The van der Waals surface area contributed by atoms with Crippen molar-refractivity contribution in [3.8, 4) is 10.4 Å². The minimum atomic E-state index is -3.87. The van der Waals surface area contributed by atoms with Gasteiger partial charge in [0.15, 0.2) is 0 Å². The maximum atomic E-state index is 13.4. The van der Waals surface area contributed by atoms with E-state index in [1.165, 1.54) is 30.5 Å². The van der Waals surface area contributed by atoms with Crippen molar-refractivity contribution >= 4 is 44.7 Å². The molecular weight excluding hydrogens is 461 g/mol. The van der Waals surface area contributed by atoms with Crippen LogP contribution in [-0.4, -0.2) is 31.7 Å². The number of thiophene rings is 1. The zero-order chi connectivity index (χ0) is 22.2. The summed E-state index contributed by atoms with van der Waals surface area (Å²) in [6.07, 6.45) is 0.241. The average Bonchev–Trinajstić information content (AvgIpc) is 3.23. The number of nitrogens with one attached hydrogen (secondary N) is 2. The van der Waals surface area contributed by atoms with Gasteiger partial charge < -0.3 is 5.32 Å². The molecule has 0 radical (unpaired) electrons. The third-order valence-corrected chi connectivity index (χ3v) is 8.22. The first-order chi connectivity index (χ1) is 14.7. The van der Waals surface area contributed by atoms with Crippen LogP contribution in [0.15, 0.2) is 60.7 Å². The smallest absolute Gasteiger partial charge is 0.280 e. The maximum Gasteiger partial charge on any atom is 0.280 e. The van der Waals surface area contributed by atoms with Crippen molar-refractivity contribution in [3.63, 3.8) is 0 Å². The highest BCUT2D eigenvalue weighted by Crippen LogP contribution is 2.36. The van der Waals surface area contributed by atoms with Gasteiger partial charge in [-0.1, -0.05) is 41.9 Å². The zero-order valence-electron chi connectivity index (χ0n) is 16.4. The predicted molar refractivity (Wildman–Crippen MR) is 121 cm³/mol. The van der Waals surface area contributed by atoms with Crippen molar-refractivity contribution in [2.24, 2.45) is 0 Å². The van der Waals surface area contributed by atoms with Gasteiger partial charge in [0, 0.05) is 22.5 Å². The SMILES string of the molecule is CN1[C@H](C(=O)Nc2ccc(F)c(Cl)c2)C[C@H](c2ccc(-c3ccccc3)s2)NS1(=O)=O. The van der Waals surface area contributed by atoms with Gasteiger partial charge in [0.25, 0.3) is 10.2 Å². The first-order valence-corrected chi connectivity index (χ1v) is 12.0. The molecule has 0 saturated carbocycles. The lowest BCUT2D eigenvalue weighted by Gasteiger charge is -2.35. The first-order valence-electron chi connectivity index (χ1n) is 9.41. The topological polar surface area (TPSA) is 78.5 Å². The van der Waals surface area contributed by atoms with Crippen LogP contribution in [0.1, 0.15) is 17.3 Å². The fourth-order valence-electron chi connectivity index (χ4n) is 3.39. The van der Waals surface area contributed by atoms with E-state index in [0.717, 1.165) is 25.7 Å². The zero-order valence-corrected chi connectivity index (χ0v) is 18.8. The molecule has 1 amide bonds. The molecule has 1 fully saturated rings. The Hall–Kier alpha value is -2.30. The van der Waals surface area contributed by atoms with Gasteiger partial charge in [0.1, 0.15) is 11.9 Å². The molecule has 2 heterocycles. The number of halogens is 2. The molecule has 0 aliphatic carbocycles. The largest absolute Gasteiger partial charge is 0.325 e. The molecule has 2 aromatic carbocycles. The number of carbonyl (C=O) groups excluding carboxylic acids is 1. The summed E-state index contributed by atoms with van der Waals surface area (Å²) >= 11 is 7.25. The summed E-state index contributed by atoms with van der Waals surface area (Å²) < 4.78 is 42.4. The third-order valence-electron chi connectivity index (χ3n) is 5.09. The number of benzene rings is 2. The first kappa shape index (κ1) is 21.9. The Morgan fingerprint density at radius 2 is 1.94 bits per heavy atom. The van der Waals surface area contributed by atoms with Crippen LogP contribution < -0.4 is 10.0 Å². The Morgan fingerprint density at radius 1 is 1.19 bits per heavy atom. The van der Waals surface area contributed by atoms with E-state index < -0.39 is 34.0 Å². The van der Waals surface area contributed by atoms with Crippen molar-refractivity contribution in [1.29, 1.82) is 0 Å². The molecule has 1 saturated heterocycles. The van der Waals surface area contributed by atoms with Gasteiger partial charge in [-0.3, -0.25) is 4.79 Å². The molecule has 4 rings (SSSR count). The molecular formula is C21H19ClFN3O3S2. The summed E-state index contributed by atoms with van der Waals surface area (Å²) in [7, 11) is -2.52. The van der Waals surface area contributed by atoms with Crippen LogP contribution in [0, 0.1) is 5.82 Å². The molecule has 0 unspecified atom stereocenters. The summed E-state index contributed by atoms with van der Waals surface area (Å²) in [6.45, 7) is 0. The molecule has 0 spiro atoms. The maximum absolute atomic E-state index is 13.4. The van der Waals surface area contributed by atoms with E-state index in [9.17, 15) is 17.6 Å². The lowest BCUT2D eigenvalue weighted by atomic mass is 10.1. The predicted octanol–water partition coefficient (Wildman–Crippen LogP) is 4.43. The Bertz CT molecular complexity index is 1220. The van der Waals surface area contributed by atoms with Crippen LogP contribution in [0.2, 0.25) is 5.02 Å². The number of anilines is 1. The quantitative estimate of drug-likeness (QED) is 0.581. The molecule has 2 N–H and O–H groups in total. The number of hydrogen-bond donors (Lipinski definition) is 2. The van der Waals surface area contributed by atoms with Crippen LogP contribution in [0.5, 0.6) is 0 Å². The molecule has 1 aliphatic rings. The van der Waals surface area contributed by atoms with Crippen LogP contribution in [0.3, 0.4) is 0 Å². The lowest BCUT2D eigenvalue weighted by molar-refractivity contribution is -0.120. The summed E-state index contributed by atoms with van der Waals surface area (Å²) in [6, 6.07) is 15.9. The monoisotopic (exact) mass is 479 g/mol. The van der Waals surface area contributed by atoms with Gasteiger partial charge in [-0.25, -0.2) is 4.39 Å². The summed E-state index contributed by atoms with van der Waals surface area (Å²) in [5, 5.41) is 2.50. The summed E-state index contributed by atoms with van der Waals surface area (Å²) in [5.41, 5.74) is 1.33. The van der Waals surface area contributed by atoms with Gasteiger partial charge >= 0.3 is 0 Å². The second-order valence-electron chi connectivity index (χ2n) is 7.13.